The standard InChI is InChI=1S/C20H14F3NO2/c21-20(22,23)19(17-8-2-1-3-9-17)13-18(24(25)26-19)16-11-10-14-6-4-5-7-15(14)12-16/h1-12H,13H2. The van der Waals surface area contributed by atoms with Crippen LogP contribution in [0.3, 0.4) is 0 Å². The second-order valence-corrected chi connectivity index (χ2v) is 6.22. The summed E-state index contributed by atoms with van der Waals surface area (Å²) in [4.78, 5) is 4.90. The Morgan fingerprint density at radius 2 is 1.54 bits per heavy atom. The first-order valence-corrected chi connectivity index (χ1v) is 8.04. The lowest BCUT2D eigenvalue weighted by atomic mass is 9.86. The summed E-state index contributed by atoms with van der Waals surface area (Å²) in [7, 11) is 0. The number of hydrogen-bond acceptors (Lipinski definition) is 2. The van der Waals surface area contributed by atoms with Crippen molar-refractivity contribution < 1.29 is 22.9 Å². The van der Waals surface area contributed by atoms with Gasteiger partial charge < -0.3 is 4.84 Å². The fraction of sp³-hybridized carbons (Fsp3) is 0.150. The molecule has 6 heteroatoms. The lowest BCUT2D eigenvalue weighted by Gasteiger charge is -2.32. The van der Waals surface area contributed by atoms with Crippen molar-refractivity contribution in [1.29, 1.82) is 0 Å². The topological polar surface area (TPSA) is 35.3 Å². The molecule has 132 valence electrons. The number of alkyl halides is 3. The number of halogens is 3. The minimum Gasteiger partial charge on any atom is -0.381 e. The van der Waals surface area contributed by atoms with Crippen LogP contribution in [0.4, 0.5) is 13.2 Å². The van der Waals surface area contributed by atoms with Crippen LogP contribution in [0.2, 0.25) is 0 Å². The molecule has 1 unspecified atom stereocenters. The number of hydrogen-bond donors (Lipinski definition) is 0. The molecule has 1 aliphatic heterocycles. The fourth-order valence-corrected chi connectivity index (χ4v) is 3.28. The largest absolute Gasteiger partial charge is 0.413 e. The van der Waals surface area contributed by atoms with Gasteiger partial charge in [0.15, 0.2) is 0 Å². The van der Waals surface area contributed by atoms with E-state index in [1.54, 1.807) is 24.3 Å². The first-order valence-electron chi connectivity index (χ1n) is 8.04. The first kappa shape index (κ1) is 16.4. The molecule has 0 aliphatic carbocycles. The summed E-state index contributed by atoms with van der Waals surface area (Å²) in [5, 5.41) is 14.1. The van der Waals surface area contributed by atoms with E-state index in [0.717, 1.165) is 10.8 Å². The van der Waals surface area contributed by atoms with Gasteiger partial charge in [0.2, 0.25) is 5.60 Å². The Morgan fingerprint density at radius 3 is 2.23 bits per heavy atom. The predicted molar refractivity (Wildman–Crippen MR) is 91.6 cm³/mol. The molecule has 1 atom stereocenters. The molecule has 1 heterocycles. The van der Waals surface area contributed by atoms with Gasteiger partial charge in [0.25, 0.3) is 5.71 Å². The molecule has 3 aromatic carbocycles. The zero-order valence-electron chi connectivity index (χ0n) is 13.5. The van der Waals surface area contributed by atoms with E-state index < -0.39 is 18.2 Å². The van der Waals surface area contributed by atoms with E-state index in [2.05, 4.69) is 0 Å². The summed E-state index contributed by atoms with van der Waals surface area (Å²) in [5.74, 6) is 0. The summed E-state index contributed by atoms with van der Waals surface area (Å²) in [6, 6.07) is 19.8. The molecule has 0 fully saturated rings. The Kier molecular flexibility index (Phi) is 3.64. The van der Waals surface area contributed by atoms with Crippen molar-refractivity contribution in [2.24, 2.45) is 0 Å². The third-order valence-electron chi connectivity index (χ3n) is 4.66. The fourth-order valence-electron chi connectivity index (χ4n) is 3.28. The van der Waals surface area contributed by atoms with Gasteiger partial charge in [-0.25, -0.2) is 0 Å². The maximum absolute atomic E-state index is 13.9. The van der Waals surface area contributed by atoms with Gasteiger partial charge in [-0.15, -0.1) is 0 Å². The second kappa shape index (κ2) is 5.76. The highest BCUT2D eigenvalue weighted by Crippen LogP contribution is 2.48. The molecule has 0 radical (unpaired) electrons. The molecule has 0 aromatic heterocycles. The van der Waals surface area contributed by atoms with Crippen molar-refractivity contribution in [2.45, 2.75) is 18.2 Å². The monoisotopic (exact) mass is 357 g/mol. The number of fused-ring (bicyclic) bond motifs is 1. The molecule has 1 aliphatic rings. The molecular weight excluding hydrogens is 343 g/mol. The van der Waals surface area contributed by atoms with Crippen LogP contribution < -0.4 is 0 Å². The van der Waals surface area contributed by atoms with Crippen LogP contribution in [-0.4, -0.2) is 16.8 Å². The SMILES string of the molecule is [O-][N+]1=C(c2ccc3ccccc3c2)CC(c2ccccc2)(C(F)(F)F)O1. The average molecular weight is 357 g/mol. The zero-order valence-corrected chi connectivity index (χ0v) is 13.5. The summed E-state index contributed by atoms with van der Waals surface area (Å²) in [5.41, 5.74) is -2.40. The van der Waals surface area contributed by atoms with Crippen molar-refractivity contribution >= 4 is 16.5 Å². The molecule has 0 N–H and O–H groups in total. The van der Waals surface area contributed by atoms with E-state index in [1.165, 1.54) is 24.3 Å². The number of rotatable bonds is 2. The minimum absolute atomic E-state index is 0.00456. The first-order chi connectivity index (χ1) is 12.4. The van der Waals surface area contributed by atoms with E-state index >= 15 is 0 Å². The summed E-state index contributed by atoms with van der Waals surface area (Å²) in [6.45, 7) is 0. The summed E-state index contributed by atoms with van der Waals surface area (Å²) < 4.78 is 41.7. The highest BCUT2D eigenvalue weighted by molar-refractivity contribution is 6.01. The van der Waals surface area contributed by atoms with Crippen LogP contribution in [0.15, 0.2) is 72.8 Å². The summed E-state index contributed by atoms with van der Waals surface area (Å²) in [6.07, 6.45) is -5.32. The van der Waals surface area contributed by atoms with Gasteiger partial charge >= 0.3 is 6.18 Å². The molecule has 3 nitrogen and oxygen atoms in total. The molecule has 3 aromatic rings. The van der Waals surface area contributed by atoms with Gasteiger partial charge in [0.05, 0.1) is 6.42 Å². The van der Waals surface area contributed by atoms with Crippen molar-refractivity contribution in [3.63, 3.8) is 0 Å². The second-order valence-electron chi connectivity index (χ2n) is 6.22. The van der Waals surface area contributed by atoms with E-state index in [4.69, 9.17) is 4.84 Å². The Labute approximate surface area is 147 Å². The number of nitrogens with zero attached hydrogens (tertiary/aromatic N) is 1. The van der Waals surface area contributed by atoms with E-state index in [0.29, 0.717) is 5.56 Å². The third-order valence-corrected chi connectivity index (χ3v) is 4.66. The van der Waals surface area contributed by atoms with Crippen LogP contribution in [-0.2, 0) is 10.4 Å². The van der Waals surface area contributed by atoms with Crippen molar-refractivity contribution in [1.82, 2.24) is 0 Å². The lowest BCUT2D eigenvalue weighted by Crippen LogP contribution is -2.43. The quantitative estimate of drug-likeness (QED) is 0.610. The van der Waals surface area contributed by atoms with Gasteiger partial charge in [-0.05, 0) is 28.5 Å². The Hall–Kier alpha value is -3.02. The van der Waals surface area contributed by atoms with E-state index in [9.17, 15) is 18.4 Å². The van der Waals surface area contributed by atoms with Crippen LogP contribution in [0, 0.1) is 5.21 Å². The Morgan fingerprint density at radius 1 is 0.885 bits per heavy atom. The van der Waals surface area contributed by atoms with Crippen molar-refractivity contribution in [2.75, 3.05) is 0 Å². The smallest absolute Gasteiger partial charge is 0.381 e. The van der Waals surface area contributed by atoms with E-state index in [1.807, 2.05) is 24.3 Å². The Balaban J connectivity index is 1.80. The number of benzene rings is 3. The Bertz CT molecular complexity index is 999. The van der Waals surface area contributed by atoms with Crippen LogP contribution in [0.5, 0.6) is 0 Å². The minimum atomic E-state index is -4.74. The molecule has 0 spiro atoms. The van der Waals surface area contributed by atoms with Crippen LogP contribution >= 0.6 is 0 Å². The maximum atomic E-state index is 13.9. The molecule has 0 bridgehead atoms. The lowest BCUT2D eigenvalue weighted by molar-refractivity contribution is -0.764. The van der Waals surface area contributed by atoms with Gasteiger partial charge in [0.1, 0.15) is 0 Å². The van der Waals surface area contributed by atoms with E-state index in [-0.39, 0.29) is 16.2 Å². The highest BCUT2D eigenvalue weighted by atomic mass is 19.4. The zero-order chi connectivity index (χ0) is 18.4. The normalized spacial score (nSPS) is 20.4. The molecular formula is C20H14F3NO2. The van der Waals surface area contributed by atoms with Crippen molar-refractivity contribution in [3.8, 4) is 0 Å². The van der Waals surface area contributed by atoms with Gasteiger partial charge in [-0.3, -0.25) is 5.21 Å². The van der Waals surface area contributed by atoms with Crippen LogP contribution in [0.1, 0.15) is 17.5 Å². The van der Waals surface area contributed by atoms with Gasteiger partial charge in [-0.2, -0.15) is 13.2 Å². The molecule has 0 amide bonds. The molecule has 0 saturated heterocycles. The van der Waals surface area contributed by atoms with Gasteiger partial charge in [-0.1, -0.05) is 60.7 Å². The maximum Gasteiger partial charge on any atom is 0.413 e. The van der Waals surface area contributed by atoms with Crippen molar-refractivity contribution in [3.05, 3.63) is 89.1 Å². The third kappa shape index (κ3) is 2.49. The predicted octanol–water partition coefficient (Wildman–Crippen LogP) is 4.93. The molecule has 26 heavy (non-hydrogen) atoms. The molecule has 4 rings (SSSR count). The molecule has 0 saturated carbocycles. The summed E-state index contributed by atoms with van der Waals surface area (Å²) >= 11 is 0. The average Bonchev–Trinajstić information content (AvgIpc) is 3.01. The highest BCUT2D eigenvalue weighted by Gasteiger charge is 2.62. The van der Waals surface area contributed by atoms with Gasteiger partial charge in [0, 0.05) is 10.5 Å². The van der Waals surface area contributed by atoms with Crippen LogP contribution in [0.25, 0.3) is 10.8 Å².